The molecule has 1 amide bonds. The van der Waals surface area contributed by atoms with E-state index in [-0.39, 0.29) is 5.91 Å². The second kappa shape index (κ2) is 4.31. The first-order valence-corrected chi connectivity index (χ1v) is 4.03. The molecule has 0 aliphatic heterocycles. The van der Waals surface area contributed by atoms with Crippen molar-refractivity contribution in [2.45, 2.75) is 20.4 Å². The molecule has 0 bridgehead atoms. The minimum Gasteiger partial charge on any atom is -0.300 e. The van der Waals surface area contributed by atoms with Crippen molar-refractivity contribution in [1.82, 2.24) is 9.78 Å². The SMILES string of the molecule is CC#CC(=O)Nc1ccnn1CC. The van der Waals surface area contributed by atoms with Gasteiger partial charge in [-0.25, -0.2) is 4.68 Å². The van der Waals surface area contributed by atoms with Crippen molar-refractivity contribution in [3.63, 3.8) is 0 Å². The molecule has 0 fully saturated rings. The molecule has 68 valence electrons. The first-order chi connectivity index (χ1) is 6.27. The van der Waals surface area contributed by atoms with Crippen LogP contribution >= 0.6 is 0 Å². The average Bonchev–Trinajstić information content (AvgIpc) is 2.52. The Hall–Kier alpha value is -1.76. The minimum atomic E-state index is -0.308. The summed E-state index contributed by atoms with van der Waals surface area (Å²) in [6, 6.07) is 1.73. The van der Waals surface area contributed by atoms with Crippen LogP contribution in [0.3, 0.4) is 0 Å². The molecule has 1 rings (SSSR count). The lowest BCUT2D eigenvalue weighted by Crippen LogP contribution is -2.12. The van der Waals surface area contributed by atoms with Gasteiger partial charge in [0.15, 0.2) is 0 Å². The second-order valence-electron chi connectivity index (χ2n) is 2.36. The third kappa shape index (κ3) is 2.34. The quantitative estimate of drug-likeness (QED) is 0.681. The monoisotopic (exact) mass is 177 g/mol. The maximum Gasteiger partial charge on any atom is 0.301 e. The molecule has 13 heavy (non-hydrogen) atoms. The number of amides is 1. The number of rotatable bonds is 2. The highest BCUT2D eigenvalue weighted by atomic mass is 16.1. The van der Waals surface area contributed by atoms with Gasteiger partial charge in [0.05, 0.1) is 6.20 Å². The van der Waals surface area contributed by atoms with E-state index in [1.54, 1.807) is 23.9 Å². The fraction of sp³-hybridized carbons (Fsp3) is 0.333. The third-order valence-electron chi connectivity index (χ3n) is 1.50. The van der Waals surface area contributed by atoms with Crippen molar-refractivity contribution in [1.29, 1.82) is 0 Å². The van der Waals surface area contributed by atoms with Crippen LogP contribution in [0.4, 0.5) is 5.82 Å². The number of aryl methyl sites for hydroxylation is 1. The van der Waals surface area contributed by atoms with Gasteiger partial charge in [-0.1, -0.05) is 5.92 Å². The van der Waals surface area contributed by atoms with E-state index in [2.05, 4.69) is 22.3 Å². The summed E-state index contributed by atoms with van der Waals surface area (Å²) in [5.74, 6) is 5.29. The van der Waals surface area contributed by atoms with Gasteiger partial charge >= 0.3 is 5.91 Å². The fourth-order valence-corrected chi connectivity index (χ4v) is 0.952. The molecule has 1 heterocycles. The number of aromatic nitrogens is 2. The summed E-state index contributed by atoms with van der Waals surface area (Å²) >= 11 is 0. The lowest BCUT2D eigenvalue weighted by molar-refractivity contribution is -0.111. The molecule has 0 saturated carbocycles. The molecular weight excluding hydrogens is 166 g/mol. The Balaban J connectivity index is 2.72. The lowest BCUT2D eigenvalue weighted by atomic mass is 10.5. The Labute approximate surface area is 76.9 Å². The molecule has 4 nitrogen and oxygen atoms in total. The molecule has 1 N–H and O–H groups in total. The van der Waals surface area contributed by atoms with Gasteiger partial charge in [-0.15, -0.1) is 0 Å². The van der Waals surface area contributed by atoms with E-state index in [0.717, 1.165) is 6.54 Å². The van der Waals surface area contributed by atoms with Gasteiger partial charge in [-0.3, -0.25) is 10.1 Å². The standard InChI is InChI=1S/C9H11N3O/c1-3-5-9(13)11-8-6-7-10-12(8)4-2/h6-7H,4H2,1-2H3,(H,11,13). The lowest BCUT2D eigenvalue weighted by Gasteiger charge is -2.02. The molecule has 0 saturated heterocycles. The Bertz CT molecular complexity index is 356. The average molecular weight is 177 g/mol. The van der Waals surface area contributed by atoms with Crippen LogP contribution in [0, 0.1) is 11.8 Å². The Morgan fingerprint density at radius 2 is 2.54 bits per heavy atom. The number of hydrogen-bond donors (Lipinski definition) is 1. The van der Waals surface area contributed by atoms with Gasteiger partial charge in [0.25, 0.3) is 0 Å². The summed E-state index contributed by atoms with van der Waals surface area (Å²) in [4.78, 5) is 11.1. The maximum absolute atomic E-state index is 11.1. The normalized spacial score (nSPS) is 8.77. The molecule has 0 radical (unpaired) electrons. The van der Waals surface area contributed by atoms with Gasteiger partial charge in [0, 0.05) is 12.6 Å². The zero-order valence-corrected chi connectivity index (χ0v) is 7.66. The topological polar surface area (TPSA) is 46.9 Å². The zero-order chi connectivity index (χ0) is 9.68. The highest BCUT2D eigenvalue weighted by Gasteiger charge is 2.02. The minimum absolute atomic E-state index is 0.308. The predicted molar refractivity (Wildman–Crippen MR) is 50.0 cm³/mol. The molecular formula is C9H11N3O. The van der Waals surface area contributed by atoms with E-state index in [4.69, 9.17) is 0 Å². The van der Waals surface area contributed by atoms with E-state index in [1.807, 2.05) is 6.92 Å². The molecule has 0 aliphatic rings. The first-order valence-electron chi connectivity index (χ1n) is 4.03. The number of nitrogens with zero attached hydrogens (tertiary/aromatic N) is 2. The van der Waals surface area contributed by atoms with E-state index in [1.165, 1.54) is 0 Å². The molecule has 1 aromatic heterocycles. The molecule has 0 spiro atoms. The van der Waals surface area contributed by atoms with E-state index < -0.39 is 0 Å². The smallest absolute Gasteiger partial charge is 0.300 e. The summed E-state index contributed by atoms with van der Waals surface area (Å²) in [5.41, 5.74) is 0. The van der Waals surface area contributed by atoms with Crippen LogP contribution in [-0.2, 0) is 11.3 Å². The highest BCUT2D eigenvalue weighted by molar-refractivity contribution is 6.03. The zero-order valence-electron chi connectivity index (χ0n) is 7.66. The van der Waals surface area contributed by atoms with Gasteiger partial charge < -0.3 is 0 Å². The molecule has 0 aromatic carbocycles. The molecule has 1 aromatic rings. The number of anilines is 1. The Morgan fingerprint density at radius 3 is 3.15 bits per heavy atom. The van der Waals surface area contributed by atoms with Crippen LogP contribution in [0.25, 0.3) is 0 Å². The van der Waals surface area contributed by atoms with Crippen LogP contribution in [-0.4, -0.2) is 15.7 Å². The van der Waals surface area contributed by atoms with E-state index in [9.17, 15) is 4.79 Å². The van der Waals surface area contributed by atoms with Crippen LogP contribution in [0.5, 0.6) is 0 Å². The van der Waals surface area contributed by atoms with Crippen molar-refractivity contribution < 1.29 is 4.79 Å². The Morgan fingerprint density at radius 1 is 1.77 bits per heavy atom. The number of carbonyl (C=O) groups excluding carboxylic acids is 1. The second-order valence-corrected chi connectivity index (χ2v) is 2.36. The summed E-state index contributed by atoms with van der Waals surface area (Å²) in [6.45, 7) is 4.30. The van der Waals surface area contributed by atoms with E-state index >= 15 is 0 Å². The van der Waals surface area contributed by atoms with Crippen LogP contribution in [0.2, 0.25) is 0 Å². The fourth-order valence-electron chi connectivity index (χ4n) is 0.952. The van der Waals surface area contributed by atoms with Gasteiger partial charge in [-0.2, -0.15) is 5.10 Å². The van der Waals surface area contributed by atoms with Crippen molar-refractivity contribution in [3.05, 3.63) is 12.3 Å². The Kier molecular flexibility index (Phi) is 3.09. The third-order valence-corrected chi connectivity index (χ3v) is 1.50. The van der Waals surface area contributed by atoms with Crippen molar-refractivity contribution in [2.75, 3.05) is 5.32 Å². The van der Waals surface area contributed by atoms with Crippen LogP contribution in [0.15, 0.2) is 12.3 Å². The van der Waals surface area contributed by atoms with Crippen molar-refractivity contribution in [2.24, 2.45) is 0 Å². The maximum atomic E-state index is 11.1. The number of nitrogens with one attached hydrogen (secondary N) is 1. The predicted octanol–water partition coefficient (Wildman–Crippen LogP) is 0.865. The van der Waals surface area contributed by atoms with Crippen LogP contribution < -0.4 is 5.32 Å². The van der Waals surface area contributed by atoms with E-state index in [0.29, 0.717) is 5.82 Å². The van der Waals surface area contributed by atoms with Crippen molar-refractivity contribution >= 4 is 11.7 Å². The number of hydrogen-bond acceptors (Lipinski definition) is 2. The van der Waals surface area contributed by atoms with Crippen LogP contribution in [0.1, 0.15) is 13.8 Å². The largest absolute Gasteiger partial charge is 0.301 e. The molecule has 4 heteroatoms. The molecule has 0 atom stereocenters. The first kappa shape index (κ1) is 9.33. The summed E-state index contributed by atoms with van der Waals surface area (Å²) in [6.07, 6.45) is 1.64. The molecule has 0 aliphatic carbocycles. The van der Waals surface area contributed by atoms with Crippen molar-refractivity contribution in [3.8, 4) is 11.8 Å². The molecule has 0 unspecified atom stereocenters. The van der Waals surface area contributed by atoms with Gasteiger partial charge in [-0.05, 0) is 19.8 Å². The summed E-state index contributed by atoms with van der Waals surface area (Å²) < 4.78 is 1.69. The summed E-state index contributed by atoms with van der Waals surface area (Å²) in [5, 5.41) is 6.63. The summed E-state index contributed by atoms with van der Waals surface area (Å²) in [7, 11) is 0. The van der Waals surface area contributed by atoms with Gasteiger partial charge in [0.2, 0.25) is 0 Å². The highest BCUT2D eigenvalue weighted by Crippen LogP contribution is 2.04. The van der Waals surface area contributed by atoms with Gasteiger partial charge in [0.1, 0.15) is 5.82 Å². The number of carbonyl (C=O) groups is 1.